The molecule has 0 radical (unpaired) electrons. The van der Waals surface area contributed by atoms with E-state index in [4.69, 9.17) is 0 Å². The number of aryl methyl sites for hydroxylation is 2. The van der Waals surface area contributed by atoms with Crippen LogP contribution in [0.25, 0.3) is 0 Å². The van der Waals surface area contributed by atoms with Gasteiger partial charge in [0.25, 0.3) is 5.91 Å². The molecule has 1 aliphatic rings. The molecule has 2 nitrogen and oxygen atoms in total. The van der Waals surface area contributed by atoms with Crippen molar-refractivity contribution in [3.8, 4) is 0 Å². The molecule has 1 fully saturated rings. The normalized spacial score (nSPS) is 16.9. The fourth-order valence-electron chi connectivity index (χ4n) is 2.11. The van der Waals surface area contributed by atoms with Crippen molar-refractivity contribution in [3.63, 3.8) is 0 Å². The highest BCUT2D eigenvalue weighted by Gasteiger charge is 2.29. The Morgan fingerprint density at radius 3 is 2.31 bits per heavy atom. The summed E-state index contributed by atoms with van der Waals surface area (Å²) in [6.07, 6.45) is 2.52. The molecule has 0 bridgehead atoms. The van der Waals surface area contributed by atoms with Crippen LogP contribution < -0.4 is 5.32 Å². The average molecular weight is 217 g/mol. The predicted molar refractivity (Wildman–Crippen MR) is 65.6 cm³/mol. The van der Waals surface area contributed by atoms with Gasteiger partial charge in [-0.05, 0) is 51.7 Å². The number of rotatable bonds is 3. The van der Waals surface area contributed by atoms with Gasteiger partial charge in [0.05, 0.1) is 0 Å². The molecule has 1 aromatic rings. The zero-order chi connectivity index (χ0) is 11.7. The molecule has 0 saturated heterocycles. The van der Waals surface area contributed by atoms with E-state index in [1.165, 1.54) is 12.8 Å². The molecule has 1 aromatic carbocycles. The first kappa shape index (κ1) is 11.2. The van der Waals surface area contributed by atoms with E-state index in [2.05, 4.69) is 18.3 Å². The maximum Gasteiger partial charge on any atom is 0.251 e. The summed E-state index contributed by atoms with van der Waals surface area (Å²) in [5.74, 6) is 0.765. The van der Waals surface area contributed by atoms with Crippen LogP contribution in [0.4, 0.5) is 0 Å². The molecular formula is C14H19NO. The van der Waals surface area contributed by atoms with Crippen LogP contribution >= 0.6 is 0 Å². The van der Waals surface area contributed by atoms with Gasteiger partial charge in [0.1, 0.15) is 0 Å². The molecule has 1 aliphatic carbocycles. The number of amides is 1. The number of hydrogen-bond donors (Lipinski definition) is 1. The van der Waals surface area contributed by atoms with Crippen LogP contribution in [0.15, 0.2) is 18.2 Å². The molecule has 0 aliphatic heterocycles. The van der Waals surface area contributed by atoms with E-state index in [1.807, 2.05) is 26.0 Å². The molecule has 1 unspecified atom stereocenters. The Labute approximate surface area is 97.1 Å². The summed E-state index contributed by atoms with van der Waals surface area (Å²) in [7, 11) is 0. The van der Waals surface area contributed by atoms with E-state index in [-0.39, 0.29) is 5.91 Å². The molecule has 0 aromatic heterocycles. The lowest BCUT2D eigenvalue weighted by molar-refractivity contribution is 0.0935. The van der Waals surface area contributed by atoms with Crippen molar-refractivity contribution in [2.75, 3.05) is 0 Å². The lowest BCUT2D eigenvalue weighted by Crippen LogP contribution is -2.34. The summed E-state index contributed by atoms with van der Waals surface area (Å²) < 4.78 is 0. The Morgan fingerprint density at radius 1 is 1.25 bits per heavy atom. The number of carbonyl (C=O) groups excluding carboxylic acids is 1. The van der Waals surface area contributed by atoms with Gasteiger partial charge in [0.2, 0.25) is 0 Å². The molecule has 1 saturated carbocycles. The highest BCUT2D eigenvalue weighted by atomic mass is 16.1. The maximum absolute atomic E-state index is 12.0. The Kier molecular flexibility index (Phi) is 2.99. The van der Waals surface area contributed by atoms with Crippen molar-refractivity contribution in [1.29, 1.82) is 0 Å². The first-order valence-electron chi connectivity index (χ1n) is 5.95. The van der Waals surface area contributed by atoms with Crippen LogP contribution in [0.1, 0.15) is 41.3 Å². The van der Waals surface area contributed by atoms with Crippen LogP contribution in [0.2, 0.25) is 0 Å². The maximum atomic E-state index is 12.0. The molecule has 16 heavy (non-hydrogen) atoms. The molecule has 2 heteroatoms. The third-order valence-corrected chi connectivity index (χ3v) is 3.17. The third-order valence-electron chi connectivity index (χ3n) is 3.17. The van der Waals surface area contributed by atoms with Crippen molar-refractivity contribution >= 4 is 5.91 Å². The molecule has 1 N–H and O–H groups in total. The van der Waals surface area contributed by atoms with E-state index in [0.717, 1.165) is 16.7 Å². The van der Waals surface area contributed by atoms with Crippen LogP contribution in [0.5, 0.6) is 0 Å². The van der Waals surface area contributed by atoms with Gasteiger partial charge in [-0.1, -0.05) is 17.2 Å². The van der Waals surface area contributed by atoms with Crippen molar-refractivity contribution in [2.45, 2.75) is 39.7 Å². The van der Waals surface area contributed by atoms with E-state index >= 15 is 0 Å². The van der Waals surface area contributed by atoms with Crippen molar-refractivity contribution < 1.29 is 4.79 Å². The molecule has 1 amide bonds. The van der Waals surface area contributed by atoms with E-state index < -0.39 is 0 Å². The minimum Gasteiger partial charge on any atom is -0.349 e. The Hall–Kier alpha value is -1.31. The Morgan fingerprint density at radius 2 is 1.81 bits per heavy atom. The lowest BCUT2D eigenvalue weighted by Gasteiger charge is -2.13. The number of hydrogen-bond acceptors (Lipinski definition) is 1. The fourth-order valence-corrected chi connectivity index (χ4v) is 2.11. The molecule has 86 valence electrons. The van der Waals surface area contributed by atoms with Crippen molar-refractivity contribution in [1.82, 2.24) is 5.32 Å². The summed E-state index contributed by atoms with van der Waals surface area (Å²) >= 11 is 0. The summed E-state index contributed by atoms with van der Waals surface area (Å²) in [6, 6.07) is 6.29. The summed E-state index contributed by atoms with van der Waals surface area (Å²) in [5.41, 5.74) is 3.07. The van der Waals surface area contributed by atoms with Gasteiger partial charge in [-0.3, -0.25) is 4.79 Å². The van der Waals surface area contributed by atoms with Gasteiger partial charge < -0.3 is 5.32 Å². The van der Waals surface area contributed by atoms with Crippen LogP contribution in [-0.4, -0.2) is 11.9 Å². The number of nitrogens with one attached hydrogen (secondary N) is 1. The summed E-state index contributed by atoms with van der Waals surface area (Å²) in [4.78, 5) is 12.0. The molecule has 0 heterocycles. The number of benzene rings is 1. The topological polar surface area (TPSA) is 29.1 Å². The summed E-state index contributed by atoms with van der Waals surface area (Å²) in [5, 5.41) is 3.07. The van der Waals surface area contributed by atoms with Gasteiger partial charge in [0.15, 0.2) is 0 Å². The second-order valence-corrected chi connectivity index (χ2v) is 4.98. The second-order valence-electron chi connectivity index (χ2n) is 4.98. The smallest absolute Gasteiger partial charge is 0.251 e. The van der Waals surface area contributed by atoms with Crippen LogP contribution in [-0.2, 0) is 0 Å². The van der Waals surface area contributed by atoms with Gasteiger partial charge in [-0.2, -0.15) is 0 Å². The first-order valence-corrected chi connectivity index (χ1v) is 5.95. The molecule has 1 atom stereocenters. The van der Waals surface area contributed by atoms with Crippen LogP contribution in [0.3, 0.4) is 0 Å². The SMILES string of the molecule is Cc1cc(C)cc(C(=O)NC(C)C2CC2)c1. The van der Waals surface area contributed by atoms with Crippen molar-refractivity contribution in [3.05, 3.63) is 34.9 Å². The largest absolute Gasteiger partial charge is 0.349 e. The third kappa shape index (κ3) is 2.63. The van der Waals surface area contributed by atoms with E-state index in [1.54, 1.807) is 0 Å². The highest BCUT2D eigenvalue weighted by Crippen LogP contribution is 2.32. The monoisotopic (exact) mass is 217 g/mol. The fraction of sp³-hybridized carbons (Fsp3) is 0.500. The first-order chi connectivity index (χ1) is 7.56. The van der Waals surface area contributed by atoms with Crippen LogP contribution in [0, 0.1) is 19.8 Å². The van der Waals surface area contributed by atoms with E-state index in [9.17, 15) is 4.79 Å². The van der Waals surface area contributed by atoms with Crippen molar-refractivity contribution in [2.24, 2.45) is 5.92 Å². The van der Waals surface area contributed by atoms with Gasteiger partial charge in [0, 0.05) is 11.6 Å². The Bertz CT molecular complexity index is 387. The minimum atomic E-state index is 0.0613. The summed E-state index contributed by atoms with van der Waals surface area (Å²) in [6.45, 7) is 6.14. The zero-order valence-corrected chi connectivity index (χ0v) is 10.2. The Balaban J connectivity index is 2.07. The minimum absolute atomic E-state index is 0.0613. The second kappa shape index (κ2) is 4.28. The lowest BCUT2D eigenvalue weighted by atomic mass is 10.1. The zero-order valence-electron chi connectivity index (χ0n) is 10.2. The predicted octanol–water partition coefficient (Wildman–Crippen LogP) is 2.83. The van der Waals surface area contributed by atoms with Gasteiger partial charge >= 0.3 is 0 Å². The molecule has 0 spiro atoms. The van der Waals surface area contributed by atoms with Gasteiger partial charge in [-0.15, -0.1) is 0 Å². The highest BCUT2D eigenvalue weighted by molar-refractivity contribution is 5.94. The molecule has 2 rings (SSSR count). The number of carbonyl (C=O) groups is 1. The van der Waals surface area contributed by atoms with E-state index in [0.29, 0.717) is 12.0 Å². The quantitative estimate of drug-likeness (QED) is 0.828. The average Bonchev–Trinajstić information content (AvgIpc) is 2.98. The van der Waals surface area contributed by atoms with Gasteiger partial charge in [-0.25, -0.2) is 0 Å². The molecular weight excluding hydrogens is 198 g/mol. The standard InChI is InChI=1S/C14H19NO/c1-9-6-10(2)8-13(7-9)14(16)15-11(3)12-4-5-12/h6-8,11-12H,4-5H2,1-3H3,(H,15,16).